The Labute approximate surface area is 165 Å². The van der Waals surface area contributed by atoms with Gasteiger partial charge in [-0.15, -0.1) is 6.58 Å². The fourth-order valence-corrected chi connectivity index (χ4v) is 3.23. The third-order valence-corrected chi connectivity index (χ3v) is 4.45. The minimum Gasteiger partial charge on any atom is -0.494 e. The first-order chi connectivity index (χ1) is 12.8. The summed E-state index contributed by atoms with van der Waals surface area (Å²) >= 11 is 12.3. The lowest BCUT2D eigenvalue weighted by Crippen LogP contribution is -2.26. The number of rotatable bonds is 6. The van der Waals surface area contributed by atoms with Gasteiger partial charge in [-0.2, -0.15) is 5.26 Å². The standard InChI is InChI=1S/C19H16Cl2N2O4/c1-4-6-23-18(25)12(9-22)10(3)15(19(23)26)16(24)11-7-13(20)17(27-5-2)14(21)8-11/h4,7-8,26H,1,5-6H2,2-3H3. The smallest absolute Gasteiger partial charge is 0.271 e. The predicted molar refractivity (Wildman–Crippen MR) is 103 cm³/mol. The van der Waals surface area contributed by atoms with Crippen molar-refractivity contribution in [3.05, 3.63) is 67.4 Å². The summed E-state index contributed by atoms with van der Waals surface area (Å²) in [6.45, 7) is 6.97. The molecule has 6 nitrogen and oxygen atoms in total. The minimum atomic E-state index is -0.702. The number of allylic oxidation sites excluding steroid dienone is 1. The van der Waals surface area contributed by atoms with Crippen molar-refractivity contribution in [1.29, 1.82) is 5.26 Å². The average molecular weight is 407 g/mol. The first-order valence-electron chi connectivity index (χ1n) is 7.92. The van der Waals surface area contributed by atoms with Gasteiger partial charge in [-0.25, -0.2) is 0 Å². The fraction of sp³-hybridized carbons (Fsp3) is 0.211. The van der Waals surface area contributed by atoms with E-state index in [1.165, 1.54) is 25.1 Å². The summed E-state index contributed by atoms with van der Waals surface area (Å²) in [6, 6.07) is 4.49. The highest BCUT2D eigenvalue weighted by Crippen LogP contribution is 2.36. The molecule has 0 bridgehead atoms. The van der Waals surface area contributed by atoms with Gasteiger partial charge in [0.25, 0.3) is 5.56 Å². The maximum atomic E-state index is 13.0. The number of benzene rings is 1. The molecule has 2 aromatic rings. The molecular weight excluding hydrogens is 391 g/mol. The Morgan fingerprint density at radius 1 is 1.41 bits per heavy atom. The Morgan fingerprint density at radius 3 is 2.48 bits per heavy atom. The number of nitriles is 1. The van der Waals surface area contributed by atoms with Gasteiger partial charge in [0.05, 0.1) is 22.2 Å². The molecule has 0 aliphatic rings. The van der Waals surface area contributed by atoms with Crippen molar-refractivity contribution in [1.82, 2.24) is 4.57 Å². The molecule has 1 aromatic carbocycles. The second kappa shape index (κ2) is 8.30. The van der Waals surface area contributed by atoms with Crippen molar-refractivity contribution >= 4 is 29.0 Å². The molecule has 0 radical (unpaired) electrons. The minimum absolute atomic E-state index is 0.0648. The van der Waals surface area contributed by atoms with Gasteiger partial charge >= 0.3 is 0 Å². The number of carbonyl (C=O) groups is 1. The van der Waals surface area contributed by atoms with Gasteiger partial charge in [0.1, 0.15) is 11.6 Å². The zero-order valence-electron chi connectivity index (χ0n) is 14.7. The van der Waals surface area contributed by atoms with E-state index in [-0.39, 0.29) is 44.6 Å². The topological polar surface area (TPSA) is 92.3 Å². The first kappa shape index (κ1) is 20.6. The van der Waals surface area contributed by atoms with Crippen LogP contribution in [0.5, 0.6) is 11.6 Å². The second-order valence-corrected chi connectivity index (χ2v) is 6.36. The monoisotopic (exact) mass is 406 g/mol. The number of ketones is 1. The maximum Gasteiger partial charge on any atom is 0.271 e. The summed E-state index contributed by atoms with van der Waals surface area (Å²) in [5.74, 6) is -0.943. The quantitative estimate of drug-likeness (QED) is 0.580. The maximum absolute atomic E-state index is 13.0. The van der Waals surface area contributed by atoms with Crippen LogP contribution in [0.25, 0.3) is 0 Å². The van der Waals surface area contributed by atoms with Crippen molar-refractivity contribution in [2.75, 3.05) is 6.61 Å². The van der Waals surface area contributed by atoms with Gasteiger partial charge in [0.15, 0.2) is 11.5 Å². The molecule has 2 rings (SSSR count). The Kier molecular flexibility index (Phi) is 6.32. The number of nitrogens with zero attached hydrogens (tertiary/aromatic N) is 2. The summed E-state index contributed by atoms with van der Waals surface area (Å²) in [6.07, 6.45) is 1.37. The number of aromatic nitrogens is 1. The molecule has 1 aromatic heterocycles. The number of pyridine rings is 1. The number of hydrogen-bond acceptors (Lipinski definition) is 5. The molecule has 0 aliphatic carbocycles. The Hall–Kier alpha value is -2.75. The van der Waals surface area contributed by atoms with Gasteiger partial charge in [0.2, 0.25) is 5.88 Å². The molecular formula is C19H16Cl2N2O4. The molecule has 0 aliphatic heterocycles. The van der Waals surface area contributed by atoms with Gasteiger partial charge < -0.3 is 9.84 Å². The average Bonchev–Trinajstić information content (AvgIpc) is 2.62. The summed E-state index contributed by atoms with van der Waals surface area (Å²) < 4.78 is 6.24. The fourth-order valence-electron chi connectivity index (χ4n) is 2.64. The molecule has 0 saturated carbocycles. The number of hydrogen-bond donors (Lipinski definition) is 1. The van der Waals surface area contributed by atoms with E-state index in [2.05, 4.69) is 6.58 Å². The van der Waals surface area contributed by atoms with Crippen LogP contribution in [0.3, 0.4) is 0 Å². The lowest BCUT2D eigenvalue weighted by atomic mass is 9.97. The van der Waals surface area contributed by atoms with Gasteiger partial charge in [-0.1, -0.05) is 29.3 Å². The summed E-state index contributed by atoms with van der Waals surface area (Å²) in [4.78, 5) is 25.4. The van der Waals surface area contributed by atoms with E-state index in [9.17, 15) is 20.0 Å². The normalized spacial score (nSPS) is 10.3. The van der Waals surface area contributed by atoms with E-state index in [4.69, 9.17) is 27.9 Å². The van der Waals surface area contributed by atoms with E-state index < -0.39 is 17.2 Å². The lowest BCUT2D eigenvalue weighted by Gasteiger charge is -2.15. The molecule has 1 heterocycles. The van der Waals surface area contributed by atoms with Crippen LogP contribution < -0.4 is 10.3 Å². The number of aromatic hydroxyl groups is 1. The van der Waals surface area contributed by atoms with E-state index >= 15 is 0 Å². The predicted octanol–water partition coefficient (Wildman–Crippen LogP) is 3.86. The third kappa shape index (κ3) is 3.70. The van der Waals surface area contributed by atoms with E-state index in [1.807, 2.05) is 0 Å². The van der Waals surface area contributed by atoms with Crippen LogP contribution in [-0.4, -0.2) is 22.1 Å². The Balaban J connectivity index is 2.74. The van der Waals surface area contributed by atoms with Crippen molar-refractivity contribution in [3.63, 3.8) is 0 Å². The summed E-state index contributed by atoms with van der Waals surface area (Å²) in [5.41, 5.74) is -0.955. The van der Waals surface area contributed by atoms with Gasteiger partial charge in [-0.3, -0.25) is 14.2 Å². The van der Waals surface area contributed by atoms with E-state index in [0.717, 1.165) is 4.57 Å². The molecule has 140 valence electrons. The van der Waals surface area contributed by atoms with Crippen LogP contribution in [0.2, 0.25) is 10.0 Å². The van der Waals surface area contributed by atoms with Crippen LogP contribution in [-0.2, 0) is 6.54 Å². The van der Waals surface area contributed by atoms with Crippen molar-refractivity contribution in [2.45, 2.75) is 20.4 Å². The third-order valence-electron chi connectivity index (χ3n) is 3.89. The van der Waals surface area contributed by atoms with Crippen molar-refractivity contribution in [2.24, 2.45) is 0 Å². The van der Waals surface area contributed by atoms with E-state index in [1.54, 1.807) is 13.0 Å². The molecule has 27 heavy (non-hydrogen) atoms. The van der Waals surface area contributed by atoms with Gasteiger partial charge in [-0.05, 0) is 31.5 Å². The van der Waals surface area contributed by atoms with Crippen molar-refractivity contribution in [3.8, 4) is 17.7 Å². The molecule has 0 atom stereocenters. The SMILES string of the molecule is C=CCn1c(O)c(C(=O)c2cc(Cl)c(OCC)c(Cl)c2)c(C)c(C#N)c1=O. The molecule has 0 fully saturated rings. The van der Waals surface area contributed by atoms with Crippen LogP contribution >= 0.6 is 23.2 Å². The molecule has 1 N–H and O–H groups in total. The highest BCUT2D eigenvalue weighted by molar-refractivity contribution is 6.38. The zero-order valence-corrected chi connectivity index (χ0v) is 16.2. The van der Waals surface area contributed by atoms with Crippen LogP contribution in [0, 0.1) is 18.3 Å². The Bertz CT molecular complexity index is 1010. The Morgan fingerprint density at radius 2 is 2.00 bits per heavy atom. The molecule has 0 amide bonds. The van der Waals surface area contributed by atoms with Crippen molar-refractivity contribution < 1.29 is 14.6 Å². The molecule has 0 spiro atoms. The van der Waals surface area contributed by atoms with Crippen LogP contribution in [0.4, 0.5) is 0 Å². The molecule has 0 unspecified atom stereocenters. The second-order valence-electron chi connectivity index (χ2n) is 5.55. The lowest BCUT2D eigenvalue weighted by molar-refractivity contribution is 0.103. The largest absolute Gasteiger partial charge is 0.494 e. The molecule has 8 heteroatoms. The van der Waals surface area contributed by atoms with Crippen LogP contribution in [0.1, 0.15) is 34.0 Å². The summed E-state index contributed by atoms with van der Waals surface area (Å²) in [5, 5.41) is 20.1. The first-order valence-corrected chi connectivity index (χ1v) is 8.67. The zero-order chi connectivity index (χ0) is 20.3. The number of halogens is 2. The summed E-state index contributed by atoms with van der Waals surface area (Å²) in [7, 11) is 0. The number of carbonyl (C=O) groups excluding carboxylic acids is 1. The molecule has 0 saturated heterocycles. The number of ether oxygens (including phenoxy) is 1. The van der Waals surface area contributed by atoms with Crippen LogP contribution in [0.15, 0.2) is 29.6 Å². The van der Waals surface area contributed by atoms with E-state index in [0.29, 0.717) is 6.61 Å². The van der Waals surface area contributed by atoms with Gasteiger partial charge in [0, 0.05) is 12.1 Å². The highest BCUT2D eigenvalue weighted by Gasteiger charge is 2.25. The highest BCUT2D eigenvalue weighted by atomic mass is 35.5.